The summed E-state index contributed by atoms with van der Waals surface area (Å²) in [6.07, 6.45) is 0. The van der Waals surface area contributed by atoms with E-state index in [-0.39, 0.29) is 10.7 Å². The topological polar surface area (TPSA) is 29.1 Å². The fraction of sp³-hybridized carbons (Fsp3) is 0.133. The van der Waals surface area contributed by atoms with E-state index in [1.54, 1.807) is 18.2 Å². The van der Waals surface area contributed by atoms with Crippen molar-refractivity contribution < 1.29 is 4.79 Å². The third kappa shape index (κ3) is 3.62. The normalized spacial score (nSPS) is 12.0. The van der Waals surface area contributed by atoms with E-state index in [0.717, 1.165) is 15.7 Å². The maximum atomic E-state index is 12.3. The van der Waals surface area contributed by atoms with Crippen LogP contribution in [-0.2, 0) is 0 Å². The predicted molar refractivity (Wildman–Crippen MR) is 90.9 cm³/mol. The quantitative estimate of drug-likeness (QED) is 0.627. The Bertz CT molecular complexity index is 644. The zero-order valence-corrected chi connectivity index (χ0v) is 14.6. The van der Waals surface area contributed by atoms with Gasteiger partial charge in [0, 0.05) is 15.0 Å². The Balaban J connectivity index is 2.28. The second-order valence-corrected chi connectivity index (χ2v) is 6.98. The van der Waals surface area contributed by atoms with Crippen LogP contribution in [0.3, 0.4) is 0 Å². The third-order valence-corrected chi connectivity index (χ3v) is 4.11. The van der Waals surface area contributed by atoms with Gasteiger partial charge in [-0.1, -0.05) is 61.7 Å². The first-order valence-corrected chi connectivity index (χ1v) is 8.07. The standard InChI is InChI=1S/C15H12Br2ClNO/c1-9(16)11-4-2-3-5-14(11)19-15(20)12-7-6-10(17)8-13(12)18/h2-9H,1H3,(H,19,20). The van der Waals surface area contributed by atoms with Gasteiger partial charge in [0.05, 0.1) is 10.6 Å². The summed E-state index contributed by atoms with van der Waals surface area (Å²) in [7, 11) is 0. The molecule has 1 N–H and O–H groups in total. The molecule has 2 rings (SSSR count). The lowest BCUT2D eigenvalue weighted by Crippen LogP contribution is -2.13. The van der Waals surface area contributed by atoms with Crippen LogP contribution in [0, 0.1) is 0 Å². The summed E-state index contributed by atoms with van der Waals surface area (Å²) in [4.78, 5) is 12.4. The van der Waals surface area contributed by atoms with Gasteiger partial charge >= 0.3 is 0 Å². The van der Waals surface area contributed by atoms with E-state index in [1.807, 2.05) is 31.2 Å². The van der Waals surface area contributed by atoms with Crippen molar-refractivity contribution in [2.24, 2.45) is 0 Å². The summed E-state index contributed by atoms with van der Waals surface area (Å²) in [5, 5.41) is 3.32. The first-order chi connectivity index (χ1) is 9.49. The number of alkyl halides is 1. The number of rotatable bonds is 3. The number of amides is 1. The van der Waals surface area contributed by atoms with Gasteiger partial charge in [0.1, 0.15) is 0 Å². The van der Waals surface area contributed by atoms with Gasteiger partial charge in [-0.3, -0.25) is 4.79 Å². The summed E-state index contributed by atoms with van der Waals surface area (Å²) in [5.41, 5.74) is 2.25. The van der Waals surface area contributed by atoms with Gasteiger partial charge in [-0.2, -0.15) is 0 Å². The maximum Gasteiger partial charge on any atom is 0.257 e. The van der Waals surface area contributed by atoms with Crippen molar-refractivity contribution in [1.29, 1.82) is 0 Å². The number of carbonyl (C=O) groups is 1. The van der Waals surface area contributed by atoms with E-state index in [9.17, 15) is 4.79 Å². The lowest BCUT2D eigenvalue weighted by atomic mass is 10.1. The minimum Gasteiger partial charge on any atom is -0.322 e. The highest BCUT2D eigenvalue weighted by molar-refractivity contribution is 9.10. The van der Waals surface area contributed by atoms with Crippen molar-refractivity contribution in [1.82, 2.24) is 0 Å². The molecule has 20 heavy (non-hydrogen) atoms. The molecule has 1 amide bonds. The first-order valence-electron chi connectivity index (χ1n) is 5.98. The van der Waals surface area contributed by atoms with Crippen molar-refractivity contribution >= 4 is 55.1 Å². The second kappa shape index (κ2) is 6.74. The second-order valence-electron chi connectivity index (χ2n) is 4.28. The van der Waals surface area contributed by atoms with E-state index in [0.29, 0.717) is 10.6 Å². The summed E-state index contributed by atoms with van der Waals surface area (Å²) >= 11 is 12.9. The van der Waals surface area contributed by atoms with Crippen LogP contribution in [0.1, 0.15) is 27.7 Å². The largest absolute Gasteiger partial charge is 0.322 e. The number of hydrogen-bond acceptors (Lipinski definition) is 1. The number of carbonyl (C=O) groups excluding carboxylic acids is 1. The van der Waals surface area contributed by atoms with Crippen LogP contribution >= 0.6 is 43.5 Å². The van der Waals surface area contributed by atoms with Gasteiger partial charge in [-0.15, -0.1) is 0 Å². The van der Waals surface area contributed by atoms with Gasteiger partial charge in [0.15, 0.2) is 0 Å². The molecule has 0 bridgehead atoms. The van der Waals surface area contributed by atoms with Gasteiger partial charge in [-0.05, 0) is 36.8 Å². The van der Waals surface area contributed by atoms with E-state index in [1.165, 1.54) is 0 Å². The smallest absolute Gasteiger partial charge is 0.257 e. The molecular formula is C15H12Br2ClNO. The Kier molecular flexibility index (Phi) is 5.24. The molecule has 0 spiro atoms. The fourth-order valence-corrected chi connectivity index (χ4v) is 2.98. The molecule has 0 saturated heterocycles. The van der Waals surface area contributed by atoms with Crippen molar-refractivity contribution in [2.45, 2.75) is 11.8 Å². The molecule has 2 aromatic carbocycles. The first kappa shape index (κ1) is 15.5. The van der Waals surface area contributed by atoms with E-state index >= 15 is 0 Å². The molecule has 0 saturated carbocycles. The predicted octanol–water partition coefficient (Wildman–Crippen LogP) is 5.81. The molecule has 2 aromatic rings. The third-order valence-electron chi connectivity index (χ3n) is 2.81. The average molecular weight is 418 g/mol. The lowest BCUT2D eigenvalue weighted by Gasteiger charge is -2.13. The van der Waals surface area contributed by atoms with Gasteiger partial charge in [0.2, 0.25) is 0 Å². The van der Waals surface area contributed by atoms with E-state index in [4.69, 9.17) is 11.6 Å². The van der Waals surface area contributed by atoms with E-state index in [2.05, 4.69) is 37.2 Å². The maximum absolute atomic E-state index is 12.3. The van der Waals surface area contributed by atoms with Gasteiger partial charge < -0.3 is 5.32 Å². The molecule has 104 valence electrons. The van der Waals surface area contributed by atoms with Crippen LogP contribution in [0.25, 0.3) is 0 Å². The zero-order valence-electron chi connectivity index (χ0n) is 10.7. The highest BCUT2D eigenvalue weighted by Gasteiger charge is 2.14. The number of benzene rings is 2. The molecule has 0 aliphatic rings. The summed E-state index contributed by atoms with van der Waals surface area (Å²) in [5.74, 6) is -0.219. The van der Waals surface area contributed by atoms with Crippen molar-refractivity contribution in [3.8, 4) is 0 Å². The summed E-state index contributed by atoms with van der Waals surface area (Å²) in [6.45, 7) is 2.01. The molecule has 1 unspecified atom stereocenters. The Morgan fingerprint density at radius 3 is 2.60 bits per heavy atom. The Morgan fingerprint density at radius 2 is 1.95 bits per heavy atom. The van der Waals surface area contributed by atoms with Gasteiger partial charge in [0.25, 0.3) is 5.91 Å². The van der Waals surface area contributed by atoms with Crippen molar-refractivity contribution in [3.05, 3.63) is 63.1 Å². The van der Waals surface area contributed by atoms with Gasteiger partial charge in [-0.25, -0.2) is 0 Å². The molecule has 2 nitrogen and oxygen atoms in total. The van der Waals surface area contributed by atoms with Crippen molar-refractivity contribution in [3.63, 3.8) is 0 Å². The monoisotopic (exact) mass is 415 g/mol. The number of para-hydroxylation sites is 1. The highest BCUT2D eigenvalue weighted by Crippen LogP contribution is 2.29. The summed E-state index contributed by atoms with van der Waals surface area (Å²) in [6, 6.07) is 12.9. The Hall–Kier alpha value is -0.840. The molecular weight excluding hydrogens is 405 g/mol. The zero-order chi connectivity index (χ0) is 14.7. The minimum atomic E-state index is -0.219. The average Bonchev–Trinajstić information content (AvgIpc) is 2.38. The molecule has 5 heteroatoms. The van der Waals surface area contributed by atoms with Crippen LogP contribution in [-0.4, -0.2) is 5.91 Å². The molecule has 1 atom stereocenters. The minimum absolute atomic E-state index is 0.152. The van der Waals surface area contributed by atoms with Crippen LogP contribution in [0.4, 0.5) is 5.69 Å². The molecule has 0 aliphatic heterocycles. The van der Waals surface area contributed by atoms with Crippen molar-refractivity contribution in [2.75, 3.05) is 5.32 Å². The van der Waals surface area contributed by atoms with Crippen LogP contribution in [0.5, 0.6) is 0 Å². The molecule has 0 aromatic heterocycles. The molecule has 0 aliphatic carbocycles. The highest BCUT2D eigenvalue weighted by atomic mass is 79.9. The van der Waals surface area contributed by atoms with Crippen LogP contribution < -0.4 is 5.32 Å². The molecule has 0 heterocycles. The number of nitrogens with one attached hydrogen (secondary N) is 1. The van der Waals surface area contributed by atoms with Crippen LogP contribution in [0.15, 0.2) is 46.9 Å². The van der Waals surface area contributed by atoms with Crippen LogP contribution in [0.2, 0.25) is 5.02 Å². The lowest BCUT2D eigenvalue weighted by molar-refractivity contribution is 0.102. The molecule has 0 fully saturated rings. The molecule has 0 radical (unpaired) electrons. The Morgan fingerprint density at radius 1 is 1.25 bits per heavy atom. The number of hydrogen-bond donors (Lipinski definition) is 1. The number of anilines is 1. The fourth-order valence-electron chi connectivity index (χ4n) is 1.82. The number of halogens is 3. The summed E-state index contributed by atoms with van der Waals surface area (Å²) < 4.78 is 0.841. The SMILES string of the molecule is CC(Br)c1ccccc1NC(=O)c1ccc(Br)cc1Cl. The Labute approximate surface area is 139 Å². The van der Waals surface area contributed by atoms with E-state index < -0.39 is 0 Å².